The van der Waals surface area contributed by atoms with Crippen LogP contribution in [0.15, 0.2) is 24.3 Å². The average Bonchev–Trinajstić information content (AvgIpc) is 2.57. The second-order valence-corrected chi connectivity index (χ2v) is 5.81. The maximum Gasteiger partial charge on any atom is 0.333 e. The van der Waals surface area contributed by atoms with Crippen molar-refractivity contribution in [3.63, 3.8) is 0 Å². The van der Waals surface area contributed by atoms with Crippen LogP contribution in [0.5, 0.6) is 0 Å². The fourth-order valence-corrected chi connectivity index (χ4v) is 1.95. The van der Waals surface area contributed by atoms with Gasteiger partial charge < -0.3 is 24.4 Å². The fraction of sp³-hybridized carbons (Fsp3) is 0.667. The molecule has 144 valence electrons. The van der Waals surface area contributed by atoms with Crippen LogP contribution in [0, 0.1) is 0 Å². The van der Waals surface area contributed by atoms with Gasteiger partial charge in [0.25, 0.3) is 0 Å². The highest BCUT2D eigenvalue weighted by Gasteiger charge is 2.25. The van der Waals surface area contributed by atoms with E-state index in [1.165, 1.54) is 6.92 Å². The molecule has 25 heavy (non-hydrogen) atoms. The lowest BCUT2D eigenvalue weighted by Gasteiger charge is -2.26. The van der Waals surface area contributed by atoms with Crippen LogP contribution in [0.3, 0.4) is 0 Å². The summed E-state index contributed by atoms with van der Waals surface area (Å²) >= 11 is 0. The molecule has 0 saturated carbocycles. The van der Waals surface area contributed by atoms with Crippen molar-refractivity contribution in [1.82, 2.24) is 0 Å². The van der Waals surface area contributed by atoms with Gasteiger partial charge in [0, 0.05) is 11.1 Å². The summed E-state index contributed by atoms with van der Waals surface area (Å²) in [7, 11) is 0. The minimum atomic E-state index is -0.711. The van der Waals surface area contributed by atoms with E-state index in [-0.39, 0.29) is 25.4 Å². The van der Waals surface area contributed by atoms with Crippen molar-refractivity contribution >= 4 is 11.9 Å². The molecule has 7 nitrogen and oxygen atoms in total. The van der Waals surface area contributed by atoms with Crippen molar-refractivity contribution in [1.29, 1.82) is 0 Å². The largest absolute Gasteiger partial charge is 0.462 e. The molecule has 0 aliphatic heterocycles. The molecule has 0 bridgehead atoms. The van der Waals surface area contributed by atoms with Gasteiger partial charge >= 0.3 is 11.9 Å². The third-order valence-electron chi connectivity index (χ3n) is 3.34. The molecule has 0 rings (SSSR count). The number of carbonyl (C=O) groups is 2. The van der Waals surface area contributed by atoms with Crippen molar-refractivity contribution in [2.75, 3.05) is 26.4 Å². The van der Waals surface area contributed by atoms with E-state index in [4.69, 9.17) is 19.3 Å². The number of rotatable bonds is 14. The number of ether oxygens (including phenoxy) is 3. The quantitative estimate of drug-likeness (QED) is 0.276. The fourth-order valence-electron chi connectivity index (χ4n) is 1.95. The topological polar surface area (TPSA) is 102 Å². The van der Waals surface area contributed by atoms with E-state index in [2.05, 4.69) is 13.2 Å². The average molecular weight is 358 g/mol. The molecule has 0 aromatic rings. The molecule has 0 aromatic carbocycles. The lowest BCUT2D eigenvalue weighted by Crippen LogP contribution is -2.37. The van der Waals surface area contributed by atoms with Crippen molar-refractivity contribution in [3.8, 4) is 0 Å². The summed E-state index contributed by atoms with van der Waals surface area (Å²) < 4.78 is 15.7. The van der Waals surface area contributed by atoms with Gasteiger partial charge in [-0.25, -0.2) is 9.59 Å². The van der Waals surface area contributed by atoms with E-state index in [9.17, 15) is 14.7 Å². The second kappa shape index (κ2) is 13.6. The number of aliphatic hydroxyl groups is 2. The molecule has 0 radical (unpaired) electrons. The Morgan fingerprint density at radius 2 is 1.56 bits per heavy atom. The van der Waals surface area contributed by atoms with E-state index >= 15 is 0 Å². The SMILES string of the molecule is C=C(C)C(=O)OCCCCCC(OC(=O)C(=C)C)C(CO)OCCO. The summed E-state index contributed by atoms with van der Waals surface area (Å²) in [6, 6.07) is 0. The highest BCUT2D eigenvalue weighted by atomic mass is 16.6. The van der Waals surface area contributed by atoms with Crippen LogP contribution in [-0.2, 0) is 23.8 Å². The molecule has 2 atom stereocenters. The molecule has 0 aromatic heterocycles. The van der Waals surface area contributed by atoms with Gasteiger partial charge in [-0.1, -0.05) is 13.2 Å². The Labute approximate surface area is 149 Å². The first-order valence-corrected chi connectivity index (χ1v) is 8.35. The predicted molar refractivity (Wildman–Crippen MR) is 92.8 cm³/mol. The standard InChI is InChI=1S/C18H30O7/c1-13(2)17(21)24-10-7-5-6-8-15(25-18(22)14(3)4)16(12-20)23-11-9-19/h15-16,19-20H,1,3,5-12H2,2,4H3. The van der Waals surface area contributed by atoms with E-state index in [1.807, 2.05) is 0 Å². The molecule has 2 N–H and O–H groups in total. The van der Waals surface area contributed by atoms with Crippen LogP contribution in [0.4, 0.5) is 0 Å². The zero-order valence-electron chi connectivity index (χ0n) is 15.2. The predicted octanol–water partition coefficient (Wildman–Crippen LogP) is 1.52. The van der Waals surface area contributed by atoms with Gasteiger partial charge in [-0.05, 0) is 39.5 Å². The zero-order valence-corrected chi connectivity index (χ0v) is 15.2. The van der Waals surface area contributed by atoms with Crippen molar-refractivity contribution < 1.29 is 34.0 Å². The number of hydrogen-bond donors (Lipinski definition) is 2. The molecular formula is C18H30O7. The second-order valence-electron chi connectivity index (χ2n) is 5.81. The van der Waals surface area contributed by atoms with Gasteiger partial charge in [-0.15, -0.1) is 0 Å². The first-order chi connectivity index (χ1) is 11.8. The number of aliphatic hydroxyl groups excluding tert-OH is 2. The maximum atomic E-state index is 11.7. The minimum Gasteiger partial charge on any atom is -0.462 e. The Kier molecular flexibility index (Phi) is 12.7. The van der Waals surface area contributed by atoms with Crippen molar-refractivity contribution in [3.05, 3.63) is 24.3 Å². The Morgan fingerprint density at radius 1 is 0.920 bits per heavy atom. The number of hydrogen-bond acceptors (Lipinski definition) is 7. The minimum absolute atomic E-state index is 0.0448. The first kappa shape index (κ1) is 23.3. The van der Waals surface area contributed by atoms with Crippen LogP contribution >= 0.6 is 0 Å². The van der Waals surface area contributed by atoms with Crippen LogP contribution in [0.25, 0.3) is 0 Å². The summed E-state index contributed by atoms with van der Waals surface area (Å²) in [4.78, 5) is 23.0. The van der Waals surface area contributed by atoms with Gasteiger partial charge in [-0.3, -0.25) is 0 Å². The molecule has 2 unspecified atom stereocenters. The summed E-state index contributed by atoms with van der Waals surface area (Å²) in [5.74, 6) is -0.961. The van der Waals surface area contributed by atoms with Gasteiger partial charge in [0.05, 0.1) is 26.4 Å². The Balaban J connectivity index is 4.37. The molecule has 0 amide bonds. The summed E-state index contributed by atoms with van der Waals surface area (Å²) in [6.45, 7) is 9.99. The third kappa shape index (κ3) is 10.7. The van der Waals surface area contributed by atoms with E-state index in [0.29, 0.717) is 31.4 Å². The maximum absolute atomic E-state index is 11.7. The van der Waals surface area contributed by atoms with Gasteiger partial charge in [0.1, 0.15) is 12.2 Å². The Morgan fingerprint density at radius 3 is 2.08 bits per heavy atom. The smallest absolute Gasteiger partial charge is 0.333 e. The monoisotopic (exact) mass is 358 g/mol. The summed E-state index contributed by atoms with van der Waals surface area (Å²) in [5.41, 5.74) is 0.620. The zero-order chi connectivity index (χ0) is 19.2. The van der Waals surface area contributed by atoms with Crippen molar-refractivity contribution in [2.45, 2.75) is 51.7 Å². The summed E-state index contributed by atoms with van der Waals surface area (Å²) in [5, 5.41) is 18.3. The molecule has 7 heteroatoms. The van der Waals surface area contributed by atoms with Gasteiger partial charge in [0.2, 0.25) is 0 Å². The normalized spacial score (nSPS) is 13.0. The van der Waals surface area contributed by atoms with Crippen LogP contribution < -0.4 is 0 Å². The van der Waals surface area contributed by atoms with E-state index < -0.39 is 24.1 Å². The van der Waals surface area contributed by atoms with E-state index in [0.717, 1.165) is 6.42 Å². The lowest BCUT2D eigenvalue weighted by molar-refractivity contribution is -0.156. The molecule has 0 heterocycles. The molecule has 0 fully saturated rings. The lowest BCUT2D eigenvalue weighted by atomic mass is 10.1. The van der Waals surface area contributed by atoms with Crippen LogP contribution in [0.2, 0.25) is 0 Å². The Hall–Kier alpha value is -1.70. The summed E-state index contributed by atoms with van der Waals surface area (Å²) in [6.07, 6.45) is 1.24. The van der Waals surface area contributed by atoms with Crippen LogP contribution in [-0.4, -0.2) is 60.8 Å². The molecule has 0 spiro atoms. The Bertz CT molecular complexity index is 445. The molecular weight excluding hydrogens is 328 g/mol. The highest BCUT2D eigenvalue weighted by Crippen LogP contribution is 2.15. The van der Waals surface area contributed by atoms with Gasteiger partial charge in [0.15, 0.2) is 0 Å². The molecule has 0 aliphatic carbocycles. The third-order valence-corrected chi connectivity index (χ3v) is 3.34. The van der Waals surface area contributed by atoms with Crippen LogP contribution in [0.1, 0.15) is 39.5 Å². The highest BCUT2D eigenvalue weighted by molar-refractivity contribution is 5.87. The molecule has 0 aliphatic rings. The number of unbranched alkanes of at least 4 members (excludes halogenated alkanes) is 2. The number of carbonyl (C=O) groups excluding carboxylic acids is 2. The van der Waals surface area contributed by atoms with E-state index in [1.54, 1.807) is 6.92 Å². The first-order valence-electron chi connectivity index (χ1n) is 8.35. The van der Waals surface area contributed by atoms with Gasteiger partial charge in [-0.2, -0.15) is 0 Å². The molecule has 0 saturated heterocycles. The van der Waals surface area contributed by atoms with Crippen molar-refractivity contribution in [2.24, 2.45) is 0 Å². The number of esters is 2.